The Kier molecular flexibility index (Phi) is 4.84. The van der Waals surface area contributed by atoms with Crippen molar-refractivity contribution in [2.75, 3.05) is 6.61 Å². The zero-order valence-corrected chi connectivity index (χ0v) is 11.2. The van der Waals surface area contributed by atoms with Gasteiger partial charge < -0.3 is 4.74 Å². The van der Waals surface area contributed by atoms with Crippen LogP contribution in [0.2, 0.25) is 5.02 Å². The monoisotopic (exact) mass is 272 g/mol. The molecule has 0 aliphatic carbocycles. The van der Waals surface area contributed by atoms with Gasteiger partial charge in [0.25, 0.3) is 5.78 Å². The summed E-state index contributed by atoms with van der Waals surface area (Å²) in [5.41, 5.74) is 0.201. The van der Waals surface area contributed by atoms with Gasteiger partial charge in [0.2, 0.25) is 0 Å². The molecule has 1 rings (SSSR count). The van der Waals surface area contributed by atoms with Crippen LogP contribution in [-0.4, -0.2) is 18.4 Å². The van der Waals surface area contributed by atoms with Crippen molar-refractivity contribution in [3.8, 4) is 0 Å². The number of carbonyl (C=O) groups is 2. The highest BCUT2D eigenvalue weighted by atomic mass is 35.5. The average molecular weight is 273 g/mol. The van der Waals surface area contributed by atoms with Crippen LogP contribution in [0, 0.1) is 5.82 Å². The lowest BCUT2D eigenvalue weighted by molar-refractivity contribution is -0.137. The van der Waals surface area contributed by atoms with E-state index in [1.165, 1.54) is 6.07 Å². The number of rotatable bonds is 4. The Morgan fingerprint density at radius 2 is 2.00 bits per heavy atom. The fraction of sp³-hybridized carbons (Fsp3) is 0.385. The SMILES string of the molecule is CCOC(=O)C(=O)c1c(F)ccc(C(C)C)c1Cl. The van der Waals surface area contributed by atoms with Gasteiger partial charge in [-0.2, -0.15) is 0 Å². The molecule has 0 spiro atoms. The minimum Gasteiger partial charge on any atom is -0.460 e. The number of esters is 1. The van der Waals surface area contributed by atoms with Crippen molar-refractivity contribution in [2.45, 2.75) is 26.7 Å². The van der Waals surface area contributed by atoms with E-state index < -0.39 is 23.1 Å². The predicted octanol–water partition coefficient (Wildman–Crippen LogP) is 3.35. The van der Waals surface area contributed by atoms with Crippen molar-refractivity contribution >= 4 is 23.4 Å². The third-order valence-electron chi connectivity index (χ3n) is 2.43. The summed E-state index contributed by atoms with van der Waals surface area (Å²) in [6, 6.07) is 2.64. The Hall–Kier alpha value is -1.42. The van der Waals surface area contributed by atoms with E-state index in [0.29, 0.717) is 5.56 Å². The van der Waals surface area contributed by atoms with Gasteiger partial charge in [-0.25, -0.2) is 9.18 Å². The van der Waals surface area contributed by atoms with Crippen molar-refractivity contribution < 1.29 is 18.7 Å². The first-order valence-corrected chi connectivity index (χ1v) is 5.97. The standard InChI is InChI=1S/C13H14ClFO3/c1-4-18-13(17)12(16)10-9(15)6-5-8(7(2)3)11(10)14/h5-7H,4H2,1-3H3. The quantitative estimate of drug-likeness (QED) is 0.480. The Morgan fingerprint density at radius 3 is 2.50 bits per heavy atom. The molecule has 0 unspecified atom stereocenters. The highest BCUT2D eigenvalue weighted by molar-refractivity contribution is 6.45. The summed E-state index contributed by atoms with van der Waals surface area (Å²) in [4.78, 5) is 23.1. The van der Waals surface area contributed by atoms with E-state index in [-0.39, 0.29) is 17.5 Å². The van der Waals surface area contributed by atoms with Crippen LogP contribution in [0.4, 0.5) is 4.39 Å². The second-order valence-corrected chi connectivity index (χ2v) is 4.41. The van der Waals surface area contributed by atoms with Crippen LogP contribution in [0.25, 0.3) is 0 Å². The van der Waals surface area contributed by atoms with Gasteiger partial charge in [0.15, 0.2) is 0 Å². The van der Waals surface area contributed by atoms with Crippen molar-refractivity contribution in [3.05, 3.63) is 34.1 Å². The number of ketones is 1. The molecule has 1 aromatic rings. The summed E-state index contributed by atoms with van der Waals surface area (Å²) >= 11 is 5.98. The van der Waals surface area contributed by atoms with Crippen LogP contribution in [0.1, 0.15) is 42.6 Å². The molecule has 5 heteroatoms. The molecule has 0 aliphatic rings. The molecule has 0 saturated carbocycles. The number of benzene rings is 1. The van der Waals surface area contributed by atoms with Gasteiger partial charge in [0.1, 0.15) is 5.82 Å². The summed E-state index contributed by atoms with van der Waals surface area (Å²) in [5, 5.41) is -0.0250. The van der Waals surface area contributed by atoms with E-state index in [1.807, 2.05) is 13.8 Å². The molecule has 0 radical (unpaired) electrons. The van der Waals surface area contributed by atoms with Gasteiger partial charge in [-0.3, -0.25) is 4.79 Å². The number of Topliss-reactive ketones (excluding diaryl/α,β-unsaturated/α-hetero) is 1. The predicted molar refractivity (Wildman–Crippen MR) is 66.5 cm³/mol. The Balaban J connectivity index is 3.27. The lowest BCUT2D eigenvalue weighted by Gasteiger charge is -2.12. The minimum atomic E-state index is -1.10. The van der Waals surface area contributed by atoms with Gasteiger partial charge in [-0.05, 0) is 24.5 Å². The topological polar surface area (TPSA) is 43.4 Å². The molecular formula is C13H14ClFO3. The van der Waals surface area contributed by atoms with Crippen LogP contribution in [0.3, 0.4) is 0 Å². The zero-order chi connectivity index (χ0) is 13.9. The molecule has 0 saturated heterocycles. The number of halogens is 2. The van der Waals surface area contributed by atoms with Crippen molar-refractivity contribution in [1.82, 2.24) is 0 Å². The molecule has 1 aromatic carbocycles. The fourth-order valence-electron chi connectivity index (χ4n) is 1.52. The Morgan fingerprint density at radius 1 is 1.39 bits per heavy atom. The van der Waals surface area contributed by atoms with Crippen molar-refractivity contribution in [3.63, 3.8) is 0 Å². The molecule has 3 nitrogen and oxygen atoms in total. The highest BCUT2D eigenvalue weighted by Gasteiger charge is 2.26. The first-order valence-electron chi connectivity index (χ1n) is 5.59. The summed E-state index contributed by atoms with van der Waals surface area (Å²) in [5.74, 6) is -2.95. The molecule has 0 amide bonds. The van der Waals surface area contributed by atoms with Crippen LogP contribution < -0.4 is 0 Å². The first kappa shape index (κ1) is 14.6. The second kappa shape index (κ2) is 5.96. The highest BCUT2D eigenvalue weighted by Crippen LogP contribution is 2.29. The maximum absolute atomic E-state index is 13.6. The molecule has 0 heterocycles. The lowest BCUT2D eigenvalue weighted by atomic mass is 9.98. The normalized spacial score (nSPS) is 10.6. The summed E-state index contributed by atoms with van der Waals surface area (Å²) in [7, 11) is 0. The van der Waals surface area contributed by atoms with Gasteiger partial charge in [-0.15, -0.1) is 0 Å². The molecule has 18 heavy (non-hydrogen) atoms. The maximum Gasteiger partial charge on any atom is 0.379 e. The van der Waals surface area contributed by atoms with Crippen LogP contribution >= 0.6 is 11.6 Å². The maximum atomic E-state index is 13.6. The van der Waals surface area contributed by atoms with Gasteiger partial charge in [0, 0.05) is 0 Å². The third kappa shape index (κ3) is 2.88. The summed E-state index contributed by atoms with van der Waals surface area (Å²) in [6.07, 6.45) is 0. The Bertz CT molecular complexity index is 483. The van der Waals surface area contributed by atoms with Crippen LogP contribution in [0.15, 0.2) is 12.1 Å². The fourth-order valence-corrected chi connectivity index (χ4v) is 1.98. The molecular weight excluding hydrogens is 259 g/mol. The number of hydrogen-bond acceptors (Lipinski definition) is 3. The molecule has 0 atom stereocenters. The molecule has 98 valence electrons. The number of carbonyl (C=O) groups excluding carboxylic acids is 2. The van der Waals surface area contributed by atoms with E-state index in [0.717, 1.165) is 6.07 Å². The van der Waals surface area contributed by atoms with Crippen LogP contribution in [0.5, 0.6) is 0 Å². The van der Waals surface area contributed by atoms with E-state index in [4.69, 9.17) is 11.6 Å². The van der Waals surface area contributed by atoms with Gasteiger partial charge >= 0.3 is 5.97 Å². The van der Waals surface area contributed by atoms with Gasteiger partial charge in [0.05, 0.1) is 17.2 Å². The van der Waals surface area contributed by atoms with E-state index in [9.17, 15) is 14.0 Å². The smallest absolute Gasteiger partial charge is 0.379 e. The molecule has 0 aliphatic heterocycles. The average Bonchev–Trinajstić information content (AvgIpc) is 2.28. The van der Waals surface area contributed by atoms with E-state index in [1.54, 1.807) is 6.92 Å². The first-order chi connectivity index (χ1) is 8.40. The van der Waals surface area contributed by atoms with E-state index in [2.05, 4.69) is 4.74 Å². The molecule has 0 bridgehead atoms. The Labute approximate surface area is 110 Å². The van der Waals surface area contributed by atoms with Crippen molar-refractivity contribution in [2.24, 2.45) is 0 Å². The molecule has 0 aromatic heterocycles. The molecule has 0 fully saturated rings. The molecule has 0 N–H and O–H groups in total. The van der Waals surface area contributed by atoms with Crippen molar-refractivity contribution in [1.29, 1.82) is 0 Å². The van der Waals surface area contributed by atoms with Crippen LogP contribution in [-0.2, 0) is 9.53 Å². The zero-order valence-electron chi connectivity index (χ0n) is 10.4. The van der Waals surface area contributed by atoms with E-state index >= 15 is 0 Å². The lowest BCUT2D eigenvalue weighted by Crippen LogP contribution is -2.19. The number of hydrogen-bond donors (Lipinski definition) is 0. The number of ether oxygens (including phenoxy) is 1. The summed E-state index contributed by atoms with van der Waals surface area (Å²) in [6.45, 7) is 5.33. The van der Waals surface area contributed by atoms with Gasteiger partial charge in [-0.1, -0.05) is 31.5 Å². The second-order valence-electron chi connectivity index (χ2n) is 4.03. The largest absolute Gasteiger partial charge is 0.460 e. The summed E-state index contributed by atoms with van der Waals surface area (Å²) < 4.78 is 18.2. The minimum absolute atomic E-state index is 0.0202. The third-order valence-corrected chi connectivity index (χ3v) is 2.84.